The van der Waals surface area contributed by atoms with E-state index in [2.05, 4.69) is 5.92 Å². The molecule has 0 spiro atoms. The number of hydrogen-bond donors (Lipinski definition) is 0. The summed E-state index contributed by atoms with van der Waals surface area (Å²) in [5, 5.41) is 1.55. The van der Waals surface area contributed by atoms with E-state index in [0.29, 0.717) is 15.1 Å². The fraction of sp³-hybridized carbons (Fsp3) is 0.200. The van der Waals surface area contributed by atoms with Gasteiger partial charge in [0.15, 0.2) is 0 Å². The highest BCUT2D eigenvalue weighted by atomic mass is 35.5. The van der Waals surface area contributed by atoms with Crippen LogP contribution in [-0.2, 0) is 0 Å². The monoisotopic (exact) mass is 232 g/mol. The van der Waals surface area contributed by atoms with Crippen molar-refractivity contribution in [1.29, 1.82) is 0 Å². The zero-order valence-electron chi connectivity index (χ0n) is 6.94. The molecular weight excluding hydrogens is 226 g/mol. The van der Waals surface area contributed by atoms with E-state index in [0.717, 1.165) is 5.56 Å². The predicted octanol–water partition coefficient (Wildman–Crippen LogP) is 4.38. The summed E-state index contributed by atoms with van der Waals surface area (Å²) in [4.78, 5) is 0. The van der Waals surface area contributed by atoms with Crippen molar-refractivity contribution in [2.75, 3.05) is 0 Å². The second-order valence-electron chi connectivity index (χ2n) is 2.67. The Balaban J connectivity index is 3.30. The molecule has 1 rings (SSSR count). The summed E-state index contributed by atoms with van der Waals surface area (Å²) in [6.07, 6.45) is 5.28. The van der Waals surface area contributed by atoms with Crippen LogP contribution < -0.4 is 0 Å². The zero-order valence-corrected chi connectivity index (χ0v) is 9.21. The highest BCUT2D eigenvalue weighted by molar-refractivity contribution is 6.39. The van der Waals surface area contributed by atoms with Crippen LogP contribution in [0.3, 0.4) is 0 Å². The molecule has 1 aromatic carbocycles. The highest BCUT2D eigenvalue weighted by Gasteiger charge is 2.12. The first-order valence-corrected chi connectivity index (χ1v) is 4.80. The van der Waals surface area contributed by atoms with E-state index in [1.54, 1.807) is 12.1 Å². The lowest BCUT2D eigenvalue weighted by atomic mass is 10.0. The van der Waals surface area contributed by atoms with Gasteiger partial charge >= 0.3 is 0 Å². The Hall–Kier alpha value is -0.350. The van der Waals surface area contributed by atoms with E-state index in [4.69, 9.17) is 41.2 Å². The van der Waals surface area contributed by atoms with E-state index in [1.807, 2.05) is 6.92 Å². The van der Waals surface area contributed by atoms with Crippen molar-refractivity contribution < 1.29 is 0 Å². The second kappa shape index (κ2) is 4.24. The van der Waals surface area contributed by atoms with Crippen molar-refractivity contribution >= 4 is 34.8 Å². The summed E-state index contributed by atoms with van der Waals surface area (Å²) in [5.74, 6) is 2.47. The van der Waals surface area contributed by atoms with Crippen LogP contribution in [0.5, 0.6) is 0 Å². The molecule has 68 valence electrons. The van der Waals surface area contributed by atoms with Gasteiger partial charge in [-0.1, -0.05) is 40.7 Å². The van der Waals surface area contributed by atoms with E-state index >= 15 is 0 Å². The van der Waals surface area contributed by atoms with Gasteiger partial charge in [0.2, 0.25) is 0 Å². The van der Waals surface area contributed by atoms with Gasteiger partial charge in [-0.3, -0.25) is 0 Å². The maximum absolute atomic E-state index is 5.94. The standard InChI is InChI=1S/C10H7Cl3/c1-3-6(2)10-8(12)4-7(11)5-9(10)13/h1,4-6H,2H3. The molecule has 0 fully saturated rings. The first-order chi connectivity index (χ1) is 6.06. The second-order valence-corrected chi connectivity index (χ2v) is 3.92. The average Bonchev–Trinajstić information content (AvgIpc) is 2.02. The molecule has 0 aliphatic rings. The summed E-state index contributed by atoms with van der Waals surface area (Å²) in [7, 11) is 0. The summed E-state index contributed by atoms with van der Waals surface area (Å²) in [6.45, 7) is 1.86. The number of benzene rings is 1. The van der Waals surface area contributed by atoms with Gasteiger partial charge in [-0.15, -0.1) is 6.42 Å². The van der Waals surface area contributed by atoms with Crippen LogP contribution in [0.4, 0.5) is 0 Å². The molecule has 1 aromatic rings. The van der Waals surface area contributed by atoms with E-state index in [-0.39, 0.29) is 5.92 Å². The van der Waals surface area contributed by atoms with Gasteiger partial charge in [0.1, 0.15) is 0 Å². The van der Waals surface area contributed by atoms with Crippen LogP contribution in [0.1, 0.15) is 18.4 Å². The molecule has 0 aliphatic heterocycles. The van der Waals surface area contributed by atoms with Gasteiger partial charge in [0.25, 0.3) is 0 Å². The Bertz CT molecular complexity index is 340. The van der Waals surface area contributed by atoms with Crippen molar-refractivity contribution in [2.45, 2.75) is 12.8 Å². The molecular formula is C10H7Cl3. The topological polar surface area (TPSA) is 0 Å². The zero-order chi connectivity index (χ0) is 10.0. The van der Waals surface area contributed by atoms with Gasteiger partial charge in [0.05, 0.1) is 0 Å². The number of rotatable bonds is 1. The lowest BCUT2D eigenvalue weighted by Crippen LogP contribution is -1.92. The summed E-state index contributed by atoms with van der Waals surface area (Å²) in [6, 6.07) is 3.27. The average molecular weight is 234 g/mol. The van der Waals surface area contributed by atoms with Crippen molar-refractivity contribution in [2.24, 2.45) is 0 Å². The van der Waals surface area contributed by atoms with Gasteiger partial charge in [-0.2, -0.15) is 0 Å². The van der Waals surface area contributed by atoms with Crippen molar-refractivity contribution in [3.63, 3.8) is 0 Å². The minimum absolute atomic E-state index is 0.0998. The van der Waals surface area contributed by atoms with Crippen molar-refractivity contribution in [1.82, 2.24) is 0 Å². The third-order valence-electron chi connectivity index (χ3n) is 1.73. The van der Waals surface area contributed by atoms with Gasteiger partial charge in [-0.05, 0) is 19.1 Å². The Morgan fingerprint density at radius 3 is 2.08 bits per heavy atom. The summed E-state index contributed by atoms with van der Waals surface area (Å²) >= 11 is 17.6. The lowest BCUT2D eigenvalue weighted by Gasteiger charge is -2.09. The van der Waals surface area contributed by atoms with Crippen molar-refractivity contribution in [3.05, 3.63) is 32.8 Å². The molecule has 3 heteroatoms. The number of halogens is 3. The molecule has 0 radical (unpaired) electrons. The molecule has 0 nitrogen and oxygen atoms in total. The van der Waals surface area contributed by atoms with E-state index in [1.165, 1.54) is 0 Å². The molecule has 0 aliphatic carbocycles. The third kappa shape index (κ3) is 2.31. The van der Waals surface area contributed by atoms with Crippen LogP contribution >= 0.6 is 34.8 Å². The van der Waals surface area contributed by atoms with Gasteiger partial charge < -0.3 is 0 Å². The Labute approximate surface area is 92.8 Å². The Kier molecular flexibility index (Phi) is 3.50. The molecule has 13 heavy (non-hydrogen) atoms. The Morgan fingerprint density at radius 2 is 1.69 bits per heavy atom. The predicted molar refractivity (Wildman–Crippen MR) is 58.7 cm³/mol. The summed E-state index contributed by atoms with van der Waals surface area (Å²) < 4.78 is 0. The quantitative estimate of drug-likeness (QED) is 0.631. The first-order valence-electron chi connectivity index (χ1n) is 3.67. The molecule has 0 aromatic heterocycles. The van der Waals surface area contributed by atoms with E-state index < -0.39 is 0 Å². The number of hydrogen-bond acceptors (Lipinski definition) is 0. The van der Waals surface area contributed by atoms with Crippen LogP contribution in [0.15, 0.2) is 12.1 Å². The van der Waals surface area contributed by atoms with Crippen LogP contribution in [0.2, 0.25) is 15.1 Å². The molecule has 0 amide bonds. The molecule has 0 saturated carbocycles. The summed E-state index contributed by atoms with van der Waals surface area (Å²) in [5.41, 5.74) is 0.759. The largest absolute Gasteiger partial charge is 0.119 e. The minimum atomic E-state index is -0.0998. The molecule has 0 heterocycles. The molecule has 1 atom stereocenters. The minimum Gasteiger partial charge on any atom is -0.119 e. The fourth-order valence-corrected chi connectivity index (χ4v) is 2.19. The molecule has 0 saturated heterocycles. The smallest absolute Gasteiger partial charge is 0.0480 e. The highest BCUT2D eigenvalue weighted by Crippen LogP contribution is 2.33. The number of terminal acetylenes is 1. The van der Waals surface area contributed by atoms with E-state index in [9.17, 15) is 0 Å². The third-order valence-corrected chi connectivity index (χ3v) is 2.57. The maximum Gasteiger partial charge on any atom is 0.0480 e. The van der Waals surface area contributed by atoms with Crippen molar-refractivity contribution in [3.8, 4) is 12.3 Å². The molecule has 0 bridgehead atoms. The maximum atomic E-state index is 5.94. The normalized spacial score (nSPS) is 12.2. The molecule has 0 N–H and O–H groups in total. The Morgan fingerprint density at radius 1 is 1.23 bits per heavy atom. The fourth-order valence-electron chi connectivity index (χ4n) is 1.05. The SMILES string of the molecule is C#CC(C)c1c(Cl)cc(Cl)cc1Cl. The molecule has 1 unspecified atom stereocenters. The van der Waals surface area contributed by atoms with Crippen LogP contribution in [0, 0.1) is 12.3 Å². The van der Waals surface area contributed by atoms with Gasteiger partial charge in [-0.25, -0.2) is 0 Å². The first kappa shape index (κ1) is 10.7. The van der Waals surface area contributed by atoms with Crippen LogP contribution in [0.25, 0.3) is 0 Å². The van der Waals surface area contributed by atoms with Gasteiger partial charge in [0, 0.05) is 26.5 Å². The van der Waals surface area contributed by atoms with Crippen LogP contribution in [-0.4, -0.2) is 0 Å². The lowest BCUT2D eigenvalue weighted by molar-refractivity contribution is 1.01.